The van der Waals surface area contributed by atoms with Crippen LogP contribution in [-0.4, -0.2) is 21.9 Å². The molecule has 1 aromatic heterocycles. The van der Waals surface area contributed by atoms with Gasteiger partial charge in [0.25, 0.3) is 5.91 Å². The van der Waals surface area contributed by atoms with Gasteiger partial charge in [-0.2, -0.15) is 13.2 Å². The summed E-state index contributed by atoms with van der Waals surface area (Å²) < 4.78 is 41.1. The van der Waals surface area contributed by atoms with Crippen LogP contribution in [0.1, 0.15) is 32.7 Å². The lowest BCUT2D eigenvalue weighted by molar-refractivity contribution is -0.137. The molecule has 1 amide bonds. The topological polar surface area (TPSA) is 25.2 Å². The van der Waals surface area contributed by atoms with Gasteiger partial charge in [-0.1, -0.05) is 36.4 Å². The van der Waals surface area contributed by atoms with Crippen molar-refractivity contribution in [2.75, 3.05) is 6.54 Å². The summed E-state index contributed by atoms with van der Waals surface area (Å²) in [5.74, 6) is -0.468. The molecule has 6 heteroatoms. The number of rotatable bonds is 7. The number of halogens is 3. The number of hydrogen-bond acceptors (Lipinski definition) is 1. The largest absolute Gasteiger partial charge is 0.416 e. The maximum atomic E-state index is 13.0. The Hall–Kier alpha value is -3.28. The van der Waals surface area contributed by atoms with Crippen molar-refractivity contribution in [2.45, 2.75) is 26.2 Å². The molecule has 0 aliphatic carbocycles. The highest BCUT2D eigenvalue weighted by molar-refractivity contribution is 5.94. The number of carbonyl (C=O) groups excluding carboxylic acids is 1. The fraction of sp³-hybridized carbons (Fsp3) is 0.208. The van der Waals surface area contributed by atoms with Gasteiger partial charge in [0.15, 0.2) is 0 Å². The molecule has 0 saturated carbocycles. The van der Waals surface area contributed by atoms with Crippen LogP contribution < -0.4 is 0 Å². The van der Waals surface area contributed by atoms with Gasteiger partial charge in [0.2, 0.25) is 0 Å². The molecule has 1 heterocycles. The third-order valence-corrected chi connectivity index (χ3v) is 4.95. The van der Waals surface area contributed by atoms with Crippen molar-refractivity contribution in [3.63, 3.8) is 0 Å². The third kappa shape index (κ3) is 5.00. The minimum absolute atomic E-state index is 0.00341. The average molecular weight is 412 g/mol. The Bertz CT molecular complexity index is 1040. The van der Waals surface area contributed by atoms with Gasteiger partial charge in [0, 0.05) is 30.5 Å². The van der Waals surface area contributed by atoms with Crippen LogP contribution >= 0.6 is 0 Å². The van der Waals surface area contributed by atoms with Crippen molar-refractivity contribution < 1.29 is 18.0 Å². The van der Waals surface area contributed by atoms with Gasteiger partial charge in [-0.25, -0.2) is 0 Å². The van der Waals surface area contributed by atoms with E-state index in [-0.39, 0.29) is 18.7 Å². The summed E-state index contributed by atoms with van der Waals surface area (Å²) in [6.45, 7) is 6.86. The van der Waals surface area contributed by atoms with E-state index in [0.29, 0.717) is 6.54 Å². The molecule has 30 heavy (non-hydrogen) atoms. The first-order valence-corrected chi connectivity index (χ1v) is 9.55. The Morgan fingerprint density at radius 1 is 1.10 bits per heavy atom. The SMILES string of the molecule is C=CCN(Cc1cccn1Cc1ccccc1C)C(=O)c1cccc(C(F)(F)F)c1. The minimum atomic E-state index is -4.50. The highest BCUT2D eigenvalue weighted by Gasteiger charge is 2.31. The lowest BCUT2D eigenvalue weighted by atomic mass is 10.1. The van der Waals surface area contributed by atoms with Crippen LogP contribution in [0.4, 0.5) is 13.2 Å². The highest BCUT2D eigenvalue weighted by atomic mass is 19.4. The quantitative estimate of drug-likeness (QED) is 0.458. The van der Waals surface area contributed by atoms with Gasteiger partial charge < -0.3 is 9.47 Å². The lowest BCUT2D eigenvalue weighted by Gasteiger charge is -2.23. The van der Waals surface area contributed by atoms with Crippen molar-refractivity contribution in [1.29, 1.82) is 0 Å². The van der Waals surface area contributed by atoms with E-state index >= 15 is 0 Å². The zero-order valence-corrected chi connectivity index (χ0v) is 16.7. The van der Waals surface area contributed by atoms with Crippen LogP contribution in [0.2, 0.25) is 0 Å². The molecule has 3 nitrogen and oxygen atoms in total. The molecule has 0 bridgehead atoms. The van der Waals surface area contributed by atoms with Crippen LogP contribution in [0.15, 0.2) is 79.5 Å². The Balaban J connectivity index is 1.84. The maximum absolute atomic E-state index is 13.0. The Morgan fingerprint density at radius 2 is 1.87 bits per heavy atom. The zero-order valence-electron chi connectivity index (χ0n) is 16.7. The van der Waals surface area contributed by atoms with Crippen LogP contribution in [-0.2, 0) is 19.3 Å². The van der Waals surface area contributed by atoms with Crippen molar-refractivity contribution >= 4 is 5.91 Å². The second kappa shape index (κ2) is 9.03. The predicted molar refractivity (Wildman–Crippen MR) is 111 cm³/mol. The van der Waals surface area contributed by atoms with Gasteiger partial charge in [-0.15, -0.1) is 6.58 Å². The van der Waals surface area contributed by atoms with Crippen molar-refractivity contribution in [1.82, 2.24) is 9.47 Å². The summed E-state index contributed by atoms with van der Waals surface area (Å²) in [6.07, 6.45) is -0.995. The van der Waals surface area contributed by atoms with E-state index in [1.807, 2.05) is 48.0 Å². The molecular formula is C24H23F3N2O. The molecule has 2 aromatic carbocycles. The number of carbonyl (C=O) groups is 1. The molecule has 0 fully saturated rings. The van der Waals surface area contributed by atoms with Crippen molar-refractivity contribution in [2.24, 2.45) is 0 Å². The Morgan fingerprint density at radius 3 is 2.57 bits per heavy atom. The summed E-state index contributed by atoms with van der Waals surface area (Å²) >= 11 is 0. The number of amides is 1. The smallest absolute Gasteiger partial charge is 0.345 e. The van der Waals surface area contributed by atoms with Crippen LogP contribution in [0.25, 0.3) is 0 Å². The van der Waals surface area contributed by atoms with Crippen LogP contribution in [0, 0.1) is 6.92 Å². The van der Waals surface area contributed by atoms with Crippen molar-refractivity contribution in [3.8, 4) is 0 Å². The zero-order chi connectivity index (χ0) is 21.7. The number of hydrogen-bond donors (Lipinski definition) is 0. The standard InChI is InChI=1S/C24H23F3N2O/c1-3-13-29(23(30)19-10-6-11-21(15-19)24(25,26)27)17-22-12-7-14-28(22)16-20-9-5-4-8-18(20)2/h3-12,14-15H,1,13,16-17H2,2H3. The normalized spacial score (nSPS) is 11.3. The molecule has 3 rings (SSSR count). The second-order valence-electron chi connectivity index (χ2n) is 7.11. The number of alkyl halides is 3. The summed E-state index contributed by atoms with van der Waals surface area (Å²) in [4.78, 5) is 14.5. The fourth-order valence-corrected chi connectivity index (χ4v) is 3.30. The summed E-state index contributed by atoms with van der Waals surface area (Å²) in [5.41, 5.74) is 2.38. The fourth-order valence-electron chi connectivity index (χ4n) is 3.30. The number of aryl methyl sites for hydroxylation is 1. The monoisotopic (exact) mass is 412 g/mol. The van der Waals surface area contributed by atoms with Gasteiger partial charge in [-0.05, 0) is 48.4 Å². The van der Waals surface area contributed by atoms with E-state index in [9.17, 15) is 18.0 Å². The molecule has 0 radical (unpaired) electrons. The van der Waals surface area contributed by atoms with E-state index in [2.05, 4.69) is 12.6 Å². The summed E-state index contributed by atoms with van der Waals surface area (Å²) in [7, 11) is 0. The first-order chi connectivity index (χ1) is 14.3. The summed E-state index contributed by atoms with van der Waals surface area (Å²) in [5, 5.41) is 0. The van der Waals surface area contributed by atoms with Crippen LogP contribution in [0.3, 0.4) is 0 Å². The predicted octanol–water partition coefficient (Wildman–Crippen LogP) is 5.69. The first-order valence-electron chi connectivity index (χ1n) is 9.55. The molecule has 0 spiro atoms. The van der Waals surface area contributed by atoms with E-state index in [1.54, 1.807) is 6.08 Å². The summed E-state index contributed by atoms with van der Waals surface area (Å²) in [6, 6.07) is 16.4. The molecule has 0 saturated heterocycles. The molecular weight excluding hydrogens is 389 g/mol. The Kier molecular flexibility index (Phi) is 6.45. The van der Waals surface area contributed by atoms with E-state index in [0.717, 1.165) is 23.4 Å². The van der Waals surface area contributed by atoms with Gasteiger partial charge in [0.1, 0.15) is 0 Å². The molecule has 0 aliphatic heterocycles. The molecule has 156 valence electrons. The van der Waals surface area contributed by atoms with E-state index in [1.165, 1.54) is 22.6 Å². The molecule has 0 atom stereocenters. The van der Waals surface area contributed by atoms with E-state index in [4.69, 9.17) is 0 Å². The minimum Gasteiger partial charge on any atom is -0.345 e. The van der Waals surface area contributed by atoms with E-state index < -0.39 is 17.6 Å². The van der Waals surface area contributed by atoms with Crippen molar-refractivity contribution in [3.05, 3.63) is 107 Å². The second-order valence-corrected chi connectivity index (χ2v) is 7.11. The number of benzene rings is 2. The molecule has 0 N–H and O–H groups in total. The van der Waals surface area contributed by atoms with Crippen LogP contribution in [0.5, 0.6) is 0 Å². The average Bonchev–Trinajstić information content (AvgIpc) is 3.15. The highest BCUT2D eigenvalue weighted by Crippen LogP contribution is 2.30. The number of nitrogens with zero attached hydrogens (tertiary/aromatic N) is 2. The first kappa shape index (κ1) is 21.4. The van der Waals surface area contributed by atoms with Gasteiger partial charge >= 0.3 is 6.18 Å². The van der Waals surface area contributed by atoms with Gasteiger partial charge in [0.05, 0.1) is 12.1 Å². The third-order valence-electron chi connectivity index (χ3n) is 4.95. The Labute approximate surface area is 174 Å². The molecule has 3 aromatic rings. The number of aromatic nitrogens is 1. The molecule has 0 unspecified atom stereocenters. The maximum Gasteiger partial charge on any atom is 0.416 e. The lowest BCUT2D eigenvalue weighted by Crippen LogP contribution is -2.31. The molecule has 0 aliphatic rings. The van der Waals surface area contributed by atoms with Gasteiger partial charge in [-0.3, -0.25) is 4.79 Å².